The summed E-state index contributed by atoms with van der Waals surface area (Å²) < 4.78 is 21.5. The van der Waals surface area contributed by atoms with E-state index in [4.69, 9.17) is 23.7 Å². The maximum absolute atomic E-state index is 12.7. The Balaban J connectivity index is 1.57. The average Bonchev–Trinajstić information content (AvgIpc) is 2.91. The van der Waals surface area contributed by atoms with Crippen LogP contribution >= 0.6 is 0 Å². The highest BCUT2D eigenvalue weighted by Crippen LogP contribution is 2.43. The number of carboxylic acids is 1. The maximum Gasteiger partial charge on any atom is 0.308 e. The van der Waals surface area contributed by atoms with Crippen molar-refractivity contribution in [3.63, 3.8) is 0 Å². The van der Waals surface area contributed by atoms with E-state index >= 15 is 0 Å². The Kier molecular flexibility index (Phi) is 8.70. The number of ether oxygens (including phenoxy) is 3. The van der Waals surface area contributed by atoms with Crippen LogP contribution in [0.5, 0.6) is 28.7 Å². The van der Waals surface area contributed by atoms with Gasteiger partial charge >= 0.3 is 11.9 Å². The molecule has 0 bridgehead atoms. The lowest BCUT2D eigenvalue weighted by molar-refractivity contribution is -0.278. The number of phenolic OH excluding ortho intramolecular Hbond substituents is 4. The SMILES string of the molecule is CC(O)(CC(=O)O)CC(=O)OC[C@H]1O[C@@H](Oc2cc3oc(-c4ccc(O)c(O)c4)cc(=O)c3c(O)c2O)[C@H](O)[C@@H](O)[C@@H]1O. The smallest absolute Gasteiger partial charge is 0.308 e. The number of hydrogen-bond donors (Lipinski definition) is 9. The van der Waals surface area contributed by atoms with Crippen molar-refractivity contribution in [1.29, 1.82) is 0 Å². The van der Waals surface area contributed by atoms with E-state index in [1.54, 1.807) is 0 Å². The second-order valence-corrected chi connectivity index (χ2v) is 10.2. The molecule has 232 valence electrons. The van der Waals surface area contributed by atoms with Crippen LogP contribution in [0, 0.1) is 0 Å². The molecule has 1 aliphatic rings. The summed E-state index contributed by atoms with van der Waals surface area (Å²) in [5, 5.41) is 89.9. The van der Waals surface area contributed by atoms with E-state index in [-0.39, 0.29) is 16.9 Å². The minimum absolute atomic E-state index is 0.111. The Morgan fingerprint density at radius 2 is 1.63 bits per heavy atom. The number of benzene rings is 2. The lowest BCUT2D eigenvalue weighted by atomic mass is 9.98. The summed E-state index contributed by atoms with van der Waals surface area (Å²) in [5.41, 5.74) is -2.91. The molecule has 1 aliphatic heterocycles. The largest absolute Gasteiger partial charge is 0.504 e. The van der Waals surface area contributed by atoms with Gasteiger partial charge in [0.2, 0.25) is 12.0 Å². The molecular weight excluding hydrogens is 580 g/mol. The van der Waals surface area contributed by atoms with E-state index in [1.807, 2.05) is 0 Å². The Morgan fingerprint density at radius 3 is 2.28 bits per heavy atom. The van der Waals surface area contributed by atoms with Gasteiger partial charge in [-0.05, 0) is 25.1 Å². The third kappa shape index (κ3) is 6.73. The molecule has 16 nitrogen and oxygen atoms in total. The third-order valence-corrected chi connectivity index (χ3v) is 6.57. The lowest BCUT2D eigenvalue weighted by Crippen LogP contribution is -2.60. The van der Waals surface area contributed by atoms with Gasteiger partial charge in [0.05, 0.1) is 18.4 Å². The van der Waals surface area contributed by atoms with Crippen LogP contribution in [0.4, 0.5) is 0 Å². The lowest BCUT2D eigenvalue weighted by Gasteiger charge is -2.40. The number of carbonyl (C=O) groups excluding carboxylic acids is 1. The Labute approximate surface area is 240 Å². The number of esters is 1. The van der Waals surface area contributed by atoms with Crippen molar-refractivity contribution in [2.45, 2.75) is 56.1 Å². The van der Waals surface area contributed by atoms with Crippen LogP contribution in [0.15, 0.2) is 39.5 Å². The number of aliphatic hydroxyl groups is 4. The van der Waals surface area contributed by atoms with Gasteiger partial charge in [0.25, 0.3) is 0 Å². The van der Waals surface area contributed by atoms with Gasteiger partial charge < -0.3 is 64.6 Å². The molecule has 2 heterocycles. The van der Waals surface area contributed by atoms with E-state index in [0.717, 1.165) is 31.2 Å². The molecule has 4 rings (SSSR count). The standard InChI is InChI=1S/C27H28O16/c1-27(39,7-18(31)32)8-19(33)40-9-17-22(35)24(37)25(38)26(43-17)42-16-6-15-20(23(36)21(16)34)13(30)5-14(41-15)10-2-3-11(28)12(29)4-10/h2-6,17,22,24-26,28-29,34-39H,7-9H2,1H3,(H,31,32)/t17-,22-,24+,25-,26-,27?/m1/s1. The van der Waals surface area contributed by atoms with E-state index in [0.29, 0.717) is 0 Å². The van der Waals surface area contributed by atoms with Crippen LogP contribution in [-0.4, -0.2) is 101 Å². The number of aliphatic carboxylic acids is 1. The number of aromatic hydroxyl groups is 4. The monoisotopic (exact) mass is 608 g/mol. The van der Waals surface area contributed by atoms with Crippen LogP contribution in [0.2, 0.25) is 0 Å². The van der Waals surface area contributed by atoms with Crippen LogP contribution in [0.3, 0.4) is 0 Å². The second kappa shape index (κ2) is 11.9. The van der Waals surface area contributed by atoms with Gasteiger partial charge in [-0.3, -0.25) is 14.4 Å². The van der Waals surface area contributed by atoms with Gasteiger partial charge in [-0.2, -0.15) is 0 Å². The molecule has 16 heteroatoms. The zero-order chi connectivity index (χ0) is 31.8. The highest BCUT2D eigenvalue weighted by molar-refractivity contribution is 5.89. The molecule has 2 aromatic carbocycles. The van der Waals surface area contributed by atoms with Gasteiger partial charge in [-0.25, -0.2) is 0 Å². The van der Waals surface area contributed by atoms with Gasteiger partial charge in [-0.1, -0.05) is 0 Å². The molecule has 9 N–H and O–H groups in total. The van der Waals surface area contributed by atoms with Crippen molar-refractivity contribution in [2.24, 2.45) is 0 Å². The fourth-order valence-electron chi connectivity index (χ4n) is 4.38. The number of phenols is 4. The zero-order valence-electron chi connectivity index (χ0n) is 22.3. The third-order valence-electron chi connectivity index (χ3n) is 6.57. The van der Waals surface area contributed by atoms with Gasteiger partial charge in [0.1, 0.15) is 47.8 Å². The molecule has 6 atom stereocenters. The van der Waals surface area contributed by atoms with E-state index in [1.165, 1.54) is 6.07 Å². The van der Waals surface area contributed by atoms with E-state index < -0.39 is 107 Å². The van der Waals surface area contributed by atoms with Gasteiger partial charge in [0, 0.05) is 17.7 Å². The first-order valence-corrected chi connectivity index (χ1v) is 12.6. The van der Waals surface area contributed by atoms with Crippen molar-refractivity contribution < 1.29 is 74.2 Å². The zero-order valence-corrected chi connectivity index (χ0v) is 22.3. The van der Waals surface area contributed by atoms with E-state index in [2.05, 4.69) is 0 Å². The molecule has 43 heavy (non-hydrogen) atoms. The molecule has 0 spiro atoms. The summed E-state index contributed by atoms with van der Waals surface area (Å²) >= 11 is 0. The summed E-state index contributed by atoms with van der Waals surface area (Å²) in [7, 11) is 0. The van der Waals surface area contributed by atoms with Crippen molar-refractivity contribution in [2.75, 3.05) is 6.61 Å². The van der Waals surface area contributed by atoms with Crippen LogP contribution < -0.4 is 10.2 Å². The van der Waals surface area contributed by atoms with Crippen LogP contribution in [-0.2, 0) is 19.1 Å². The summed E-state index contributed by atoms with van der Waals surface area (Å²) in [6.07, 6.45) is -10.6. The molecule has 3 aromatic rings. The number of carboxylic acid groups (broad SMARTS) is 1. The Morgan fingerprint density at radius 1 is 0.930 bits per heavy atom. The van der Waals surface area contributed by atoms with Gasteiger partial charge in [0.15, 0.2) is 28.4 Å². The minimum atomic E-state index is -1.95. The minimum Gasteiger partial charge on any atom is -0.504 e. The average molecular weight is 609 g/mol. The first-order valence-electron chi connectivity index (χ1n) is 12.6. The summed E-state index contributed by atoms with van der Waals surface area (Å²) in [6.45, 7) is 0.364. The fourth-order valence-corrected chi connectivity index (χ4v) is 4.38. The normalized spacial score (nSPS) is 23.4. The fraction of sp³-hybridized carbons (Fsp3) is 0.370. The van der Waals surface area contributed by atoms with Gasteiger partial charge in [-0.15, -0.1) is 0 Å². The predicted octanol–water partition coefficient (Wildman–Crippen LogP) is -0.372. The summed E-state index contributed by atoms with van der Waals surface area (Å²) in [4.78, 5) is 35.7. The first-order chi connectivity index (χ1) is 20.1. The number of fused-ring (bicyclic) bond motifs is 1. The molecule has 1 aromatic heterocycles. The highest BCUT2D eigenvalue weighted by Gasteiger charge is 2.46. The van der Waals surface area contributed by atoms with E-state index in [9.17, 15) is 55.2 Å². The quantitative estimate of drug-likeness (QED) is 0.111. The van der Waals surface area contributed by atoms with Crippen molar-refractivity contribution in [3.05, 3.63) is 40.6 Å². The van der Waals surface area contributed by atoms with Crippen LogP contribution in [0.25, 0.3) is 22.3 Å². The number of carbonyl (C=O) groups is 2. The molecule has 1 saturated heterocycles. The molecule has 0 amide bonds. The molecule has 0 radical (unpaired) electrons. The van der Waals surface area contributed by atoms with Crippen molar-refractivity contribution >= 4 is 22.9 Å². The summed E-state index contributed by atoms with van der Waals surface area (Å²) in [6, 6.07) is 5.51. The predicted molar refractivity (Wildman–Crippen MR) is 140 cm³/mol. The number of hydrogen-bond acceptors (Lipinski definition) is 15. The van der Waals surface area contributed by atoms with Crippen molar-refractivity contribution in [1.82, 2.24) is 0 Å². The van der Waals surface area contributed by atoms with Crippen molar-refractivity contribution in [3.8, 4) is 40.1 Å². The second-order valence-electron chi connectivity index (χ2n) is 10.2. The molecule has 1 unspecified atom stereocenters. The summed E-state index contributed by atoms with van der Waals surface area (Å²) in [5.74, 6) is -6.02. The van der Waals surface area contributed by atoms with Crippen LogP contribution in [0.1, 0.15) is 19.8 Å². The first kappa shape index (κ1) is 31.3. The molecule has 0 aliphatic carbocycles. The molecular formula is C27H28O16. The Bertz CT molecular complexity index is 1590. The Hall–Kier alpha value is -4.61. The molecule has 0 saturated carbocycles. The number of aliphatic hydroxyl groups excluding tert-OH is 3. The number of rotatable bonds is 9. The topological polar surface area (TPSA) is 274 Å². The highest BCUT2D eigenvalue weighted by atomic mass is 16.7. The maximum atomic E-state index is 12.7. The molecule has 1 fully saturated rings.